The van der Waals surface area contributed by atoms with Gasteiger partial charge in [-0.2, -0.15) is 23.0 Å². The van der Waals surface area contributed by atoms with E-state index in [1.807, 2.05) is 0 Å². The first-order chi connectivity index (χ1) is 15.6. The van der Waals surface area contributed by atoms with E-state index >= 15 is 0 Å². The van der Waals surface area contributed by atoms with Crippen molar-refractivity contribution in [2.45, 2.75) is 18.3 Å². The zero-order chi connectivity index (χ0) is 23.8. The second-order valence-electron chi connectivity index (χ2n) is 7.40. The van der Waals surface area contributed by atoms with Crippen molar-refractivity contribution in [2.24, 2.45) is 0 Å². The van der Waals surface area contributed by atoms with Crippen molar-refractivity contribution in [3.8, 4) is 16.9 Å². The van der Waals surface area contributed by atoms with Crippen molar-refractivity contribution in [1.29, 1.82) is 0 Å². The Morgan fingerprint density at radius 3 is 2.45 bits per heavy atom. The lowest BCUT2D eigenvalue weighted by atomic mass is 10.1. The molecular formula is C22H17F4N3O4. The second-order valence-corrected chi connectivity index (χ2v) is 7.40. The molecule has 0 spiro atoms. The molecule has 1 aromatic heterocycles. The minimum atomic E-state index is -4.54. The van der Waals surface area contributed by atoms with Crippen LogP contribution in [0.3, 0.4) is 0 Å². The number of benzene rings is 2. The maximum absolute atomic E-state index is 13.8. The third-order valence-corrected chi connectivity index (χ3v) is 5.08. The van der Waals surface area contributed by atoms with E-state index in [1.165, 1.54) is 12.1 Å². The first-order valence-corrected chi connectivity index (χ1v) is 9.78. The number of halogens is 4. The number of hydrogen-bond donors (Lipinski definition) is 2. The number of ether oxygens (including phenoxy) is 1. The van der Waals surface area contributed by atoms with Crippen LogP contribution in [0.2, 0.25) is 0 Å². The minimum absolute atomic E-state index is 0.0148. The monoisotopic (exact) mass is 463 g/mol. The van der Waals surface area contributed by atoms with E-state index in [-0.39, 0.29) is 35.7 Å². The van der Waals surface area contributed by atoms with Gasteiger partial charge in [-0.25, -0.2) is 4.39 Å². The lowest BCUT2D eigenvalue weighted by molar-refractivity contribution is -0.137. The van der Waals surface area contributed by atoms with Gasteiger partial charge in [-0.1, -0.05) is 18.2 Å². The number of aliphatic hydroxyl groups is 1. The molecule has 0 bridgehead atoms. The van der Waals surface area contributed by atoms with Crippen LogP contribution in [0.15, 0.2) is 59.4 Å². The van der Waals surface area contributed by atoms with Gasteiger partial charge in [-0.3, -0.25) is 9.59 Å². The van der Waals surface area contributed by atoms with Crippen LogP contribution >= 0.6 is 0 Å². The number of aromatic nitrogens is 2. The number of alkyl halides is 3. The van der Waals surface area contributed by atoms with Crippen molar-refractivity contribution in [3.05, 3.63) is 81.9 Å². The van der Waals surface area contributed by atoms with E-state index in [2.05, 4.69) is 10.4 Å². The molecular weight excluding hydrogens is 446 g/mol. The highest BCUT2D eigenvalue weighted by molar-refractivity contribution is 5.95. The molecule has 1 amide bonds. The molecule has 172 valence electrons. The SMILES string of the molecule is O=C(N[C@H]1COC[C@H]1O)c1cc(-c2ccc(C(F)(F)F)cc2)nn(-c2cccc(F)c2)c1=O. The van der Waals surface area contributed by atoms with Crippen molar-refractivity contribution in [1.82, 2.24) is 15.1 Å². The number of rotatable bonds is 4. The maximum Gasteiger partial charge on any atom is 0.416 e. The number of aliphatic hydroxyl groups excluding tert-OH is 1. The minimum Gasteiger partial charge on any atom is -0.388 e. The fraction of sp³-hybridized carbons (Fsp3) is 0.227. The van der Waals surface area contributed by atoms with Gasteiger partial charge in [-0.15, -0.1) is 0 Å². The lowest BCUT2D eigenvalue weighted by Gasteiger charge is -2.16. The van der Waals surface area contributed by atoms with Crippen LogP contribution in [-0.4, -0.2) is 46.2 Å². The van der Waals surface area contributed by atoms with Crippen molar-refractivity contribution < 1.29 is 32.2 Å². The van der Waals surface area contributed by atoms with Crippen LogP contribution in [0.1, 0.15) is 15.9 Å². The summed E-state index contributed by atoms with van der Waals surface area (Å²) in [6.07, 6.45) is -5.50. The summed E-state index contributed by atoms with van der Waals surface area (Å²) in [4.78, 5) is 25.9. The molecule has 2 aromatic carbocycles. The summed E-state index contributed by atoms with van der Waals surface area (Å²) in [5.74, 6) is -1.49. The van der Waals surface area contributed by atoms with Gasteiger partial charge >= 0.3 is 6.18 Å². The number of amides is 1. The van der Waals surface area contributed by atoms with E-state index in [9.17, 15) is 32.3 Å². The molecule has 7 nitrogen and oxygen atoms in total. The average molecular weight is 463 g/mol. The van der Waals surface area contributed by atoms with Crippen LogP contribution < -0.4 is 10.9 Å². The van der Waals surface area contributed by atoms with Crippen LogP contribution in [0.5, 0.6) is 0 Å². The molecule has 3 aromatic rings. The lowest BCUT2D eigenvalue weighted by Crippen LogP contribution is -2.44. The van der Waals surface area contributed by atoms with Crippen molar-refractivity contribution >= 4 is 5.91 Å². The summed E-state index contributed by atoms with van der Waals surface area (Å²) in [5, 5.41) is 16.5. The molecule has 0 unspecified atom stereocenters. The Bertz CT molecular complexity index is 1240. The van der Waals surface area contributed by atoms with Crippen LogP contribution in [0.25, 0.3) is 16.9 Å². The van der Waals surface area contributed by atoms with Gasteiger partial charge < -0.3 is 15.2 Å². The molecule has 0 saturated carbocycles. The molecule has 4 rings (SSSR count). The van der Waals surface area contributed by atoms with E-state index in [0.717, 1.165) is 47.1 Å². The quantitative estimate of drug-likeness (QED) is 0.581. The van der Waals surface area contributed by atoms with E-state index in [4.69, 9.17) is 4.74 Å². The van der Waals surface area contributed by atoms with Crippen molar-refractivity contribution in [2.75, 3.05) is 13.2 Å². The van der Waals surface area contributed by atoms with Crippen LogP contribution in [-0.2, 0) is 10.9 Å². The maximum atomic E-state index is 13.8. The summed E-state index contributed by atoms with van der Waals surface area (Å²) in [5.41, 5.74) is -1.90. The standard InChI is InChI=1S/C22H17F4N3O4/c23-14-2-1-3-15(8-14)29-21(32)16(20(31)27-18-10-33-11-19(18)30)9-17(28-29)12-4-6-13(7-5-12)22(24,25)26/h1-9,18-19,30H,10-11H2,(H,27,31)/t18-,19+/m0/s1. The zero-order valence-corrected chi connectivity index (χ0v) is 16.8. The third kappa shape index (κ3) is 4.78. The molecule has 11 heteroatoms. The Hall–Kier alpha value is -3.57. The summed E-state index contributed by atoms with van der Waals surface area (Å²) in [6.45, 7) is 0.0630. The summed E-state index contributed by atoms with van der Waals surface area (Å²) < 4.78 is 58.4. The van der Waals surface area contributed by atoms with Gasteiger partial charge in [0.1, 0.15) is 11.4 Å². The fourth-order valence-electron chi connectivity index (χ4n) is 3.34. The molecule has 0 aliphatic carbocycles. The third-order valence-electron chi connectivity index (χ3n) is 5.08. The Morgan fingerprint density at radius 2 is 1.85 bits per heavy atom. The first kappa shape index (κ1) is 22.6. The number of hydrogen-bond acceptors (Lipinski definition) is 5. The summed E-state index contributed by atoms with van der Waals surface area (Å²) >= 11 is 0. The smallest absolute Gasteiger partial charge is 0.388 e. The molecule has 1 aliphatic heterocycles. The molecule has 2 atom stereocenters. The topological polar surface area (TPSA) is 93.4 Å². The number of carbonyl (C=O) groups excluding carboxylic acids is 1. The second kappa shape index (κ2) is 8.75. The molecule has 33 heavy (non-hydrogen) atoms. The highest BCUT2D eigenvalue weighted by atomic mass is 19.4. The predicted molar refractivity (Wildman–Crippen MR) is 108 cm³/mol. The summed E-state index contributed by atoms with van der Waals surface area (Å²) in [7, 11) is 0. The van der Waals surface area contributed by atoms with Gasteiger partial charge in [0, 0.05) is 5.56 Å². The van der Waals surface area contributed by atoms with Gasteiger partial charge in [-0.05, 0) is 36.4 Å². The van der Waals surface area contributed by atoms with E-state index < -0.39 is 41.2 Å². The molecule has 1 aliphatic rings. The Kier molecular flexibility index (Phi) is 6.00. The number of carbonyl (C=O) groups is 1. The molecule has 0 radical (unpaired) electrons. The largest absolute Gasteiger partial charge is 0.416 e. The fourth-order valence-corrected chi connectivity index (χ4v) is 3.34. The Balaban J connectivity index is 1.81. The van der Waals surface area contributed by atoms with Crippen molar-refractivity contribution in [3.63, 3.8) is 0 Å². The van der Waals surface area contributed by atoms with Crippen LogP contribution in [0.4, 0.5) is 17.6 Å². The van der Waals surface area contributed by atoms with E-state index in [0.29, 0.717) is 0 Å². The highest BCUT2D eigenvalue weighted by Gasteiger charge is 2.31. The summed E-state index contributed by atoms with van der Waals surface area (Å²) in [6, 6.07) is 9.31. The molecule has 2 heterocycles. The Morgan fingerprint density at radius 1 is 1.12 bits per heavy atom. The van der Waals surface area contributed by atoms with Crippen LogP contribution in [0, 0.1) is 5.82 Å². The normalized spacial score (nSPS) is 18.3. The predicted octanol–water partition coefficient (Wildman–Crippen LogP) is 2.55. The first-order valence-electron chi connectivity index (χ1n) is 9.78. The highest BCUT2D eigenvalue weighted by Crippen LogP contribution is 2.30. The number of nitrogens with one attached hydrogen (secondary N) is 1. The van der Waals surface area contributed by atoms with Gasteiger partial charge in [0.2, 0.25) is 0 Å². The molecule has 2 N–H and O–H groups in total. The van der Waals surface area contributed by atoms with Gasteiger partial charge in [0.05, 0.1) is 42.3 Å². The molecule has 1 saturated heterocycles. The van der Waals surface area contributed by atoms with E-state index in [1.54, 1.807) is 0 Å². The Labute approximate surface area is 184 Å². The molecule has 1 fully saturated rings. The number of nitrogens with zero attached hydrogens (tertiary/aromatic N) is 2. The zero-order valence-electron chi connectivity index (χ0n) is 16.8. The average Bonchev–Trinajstić information content (AvgIpc) is 3.17. The van der Waals surface area contributed by atoms with Gasteiger partial charge in [0.25, 0.3) is 11.5 Å². The van der Waals surface area contributed by atoms with Gasteiger partial charge in [0.15, 0.2) is 0 Å².